The molecule has 0 aliphatic carbocycles. The molecule has 1 fully saturated rings. The summed E-state index contributed by atoms with van der Waals surface area (Å²) in [5.74, 6) is -9.57. The SMILES string of the molecule is CC(C)(C)OC(=O)N1C[C@H](c2c(F)c(F)cc(F)c2F)C[C@H]1C(=O)CS(C)(=O)=O. The maximum absolute atomic E-state index is 14.2. The second-order valence-corrected chi connectivity index (χ2v) is 10.1. The molecule has 2 atom stereocenters. The molecule has 11 heteroatoms. The van der Waals surface area contributed by atoms with Crippen molar-refractivity contribution < 1.29 is 40.3 Å². The lowest BCUT2D eigenvalue weighted by molar-refractivity contribution is -0.120. The minimum Gasteiger partial charge on any atom is -0.444 e. The summed E-state index contributed by atoms with van der Waals surface area (Å²) in [5, 5.41) is 0. The third-order valence-corrected chi connectivity index (χ3v) is 5.07. The van der Waals surface area contributed by atoms with E-state index in [4.69, 9.17) is 4.74 Å². The summed E-state index contributed by atoms with van der Waals surface area (Å²) in [4.78, 5) is 25.8. The van der Waals surface area contributed by atoms with E-state index in [9.17, 15) is 35.6 Å². The van der Waals surface area contributed by atoms with E-state index in [2.05, 4.69) is 0 Å². The van der Waals surface area contributed by atoms with Crippen molar-refractivity contribution in [1.82, 2.24) is 4.90 Å². The average molecular weight is 439 g/mol. The number of ketones is 1. The molecule has 2 rings (SSSR count). The van der Waals surface area contributed by atoms with Gasteiger partial charge in [0, 0.05) is 30.3 Å². The van der Waals surface area contributed by atoms with Crippen LogP contribution in [0.15, 0.2) is 6.07 Å². The van der Waals surface area contributed by atoms with Crippen molar-refractivity contribution in [2.45, 2.75) is 44.8 Å². The number of rotatable bonds is 4. The molecule has 0 aromatic heterocycles. The fourth-order valence-corrected chi connectivity index (χ4v) is 3.89. The highest BCUT2D eigenvalue weighted by molar-refractivity contribution is 7.91. The van der Waals surface area contributed by atoms with Crippen LogP contribution in [0.3, 0.4) is 0 Å². The summed E-state index contributed by atoms with van der Waals surface area (Å²) in [6.07, 6.45) is -0.606. The van der Waals surface area contributed by atoms with Crippen molar-refractivity contribution in [3.05, 3.63) is 34.9 Å². The molecule has 0 N–H and O–H groups in total. The molecule has 0 bridgehead atoms. The summed E-state index contributed by atoms with van der Waals surface area (Å²) >= 11 is 0. The molecule has 1 aromatic rings. The zero-order valence-corrected chi connectivity index (χ0v) is 17.1. The maximum atomic E-state index is 14.2. The number of nitrogens with zero attached hydrogens (tertiary/aromatic N) is 1. The van der Waals surface area contributed by atoms with Crippen LogP contribution in [-0.2, 0) is 19.4 Å². The number of ether oxygens (including phenoxy) is 1. The lowest BCUT2D eigenvalue weighted by atomic mass is 9.94. The first-order chi connectivity index (χ1) is 13.1. The number of carbonyl (C=O) groups is 2. The number of hydrogen-bond acceptors (Lipinski definition) is 5. The highest BCUT2D eigenvalue weighted by Crippen LogP contribution is 2.37. The molecule has 0 saturated carbocycles. The Morgan fingerprint density at radius 3 is 2.10 bits per heavy atom. The van der Waals surface area contributed by atoms with E-state index in [1.165, 1.54) is 0 Å². The Kier molecular flexibility index (Phi) is 6.32. The second-order valence-electron chi connectivity index (χ2n) is 8.00. The number of halogens is 4. The summed E-state index contributed by atoms with van der Waals surface area (Å²) in [5.41, 5.74) is -1.91. The van der Waals surface area contributed by atoms with E-state index in [0.29, 0.717) is 0 Å². The Hall–Kier alpha value is -2.17. The molecular weight excluding hydrogens is 418 g/mol. The monoisotopic (exact) mass is 439 g/mol. The van der Waals surface area contributed by atoms with E-state index in [1.807, 2.05) is 0 Å². The molecule has 1 aliphatic heterocycles. The Labute approximate surface area is 165 Å². The molecule has 162 valence electrons. The van der Waals surface area contributed by atoms with Gasteiger partial charge in [0.2, 0.25) is 0 Å². The van der Waals surface area contributed by atoms with E-state index >= 15 is 0 Å². The molecular formula is C18H21F4NO5S. The van der Waals surface area contributed by atoms with Crippen LogP contribution in [0.2, 0.25) is 0 Å². The Bertz CT molecular complexity index is 916. The number of amides is 1. The molecule has 0 unspecified atom stereocenters. The molecule has 6 nitrogen and oxygen atoms in total. The number of likely N-dealkylation sites (tertiary alicyclic amines) is 1. The summed E-state index contributed by atoms with van der Waals surface area (Å²) in [6, 6.07) is -1.32. The first-order valence-corrected chi connectivity index (χ1v) is 10.7. The van der Waals surface area contributed by atoms with Gasteiger partial charge in [-0.25, -0.2) is 30.8 Å². The molecule has 1 aromatic carbocycles. The van der Waals surface area contributed by atoms with Crippen molar-refractivity contribution in [1.29, 1.82) is 0 Å². The third kappa shape index (κ3) is 5.46. The minimum atomic E-state index is -3.75. The first kappa shape index (κ1) is 23.1. The van der Waals surface area contributed by atoms with Crippen LogP contribution >= 0.6 is 0 Å². The van der Waals surface area contributed by atoms with Crippen molar-refractivity contribution in [2.75, 3.05) is 18.6 Å². The molecule has 1 aliphatic rings. The number of hydrogen-bond donors (Lipinski definition) is 0. The van der Waals surface area contributed by atoms with E-state index in [-0.39, 0.29) is 6.07 Å². The lowest BCUT2D eigenvalue weighted by Gasteiger charge is -2.27. The number of Topliss-reactive ketones (excluding diaryl/α,β-unsaturated/α-hetero) is 1. The van der Waals surface area contributed by atoms with Gasteiger partial charge in [0.15, 0.2) is 38.9 Å². The standard InChI is InChI=1S/C18H21F4NO5S/c1-18(2,3)28-17(25)23-7-9(5-12(23)13(24)8-29(4,26)27)14-15(21)10(19)6-11(20)16(14)22/h6,9,12H,5,7-8H2,1-4H3/t9-,12+/m1/s1. The van der Waals surface area contributed by atoms with Crippen LogP contribution in [0.1, 0.15) is 38.7 Å². The van der Waals surface area contributed by atoms with Gasteiger partial charge >= 0.3 is 6.09 Å². The van der Waals surface area contributed by atoms with E-state index in [0.717, 1.165) is 11.2 Å². The Balaban J connectivity index is 2.45. The van der Waals surface area contributed by atoms with Crippen LogP contribution in [0.4, 0.5) is 22.4 Å². The van der Waals surface area contributed by atoms with Crippen molar-refractivity contribution >= 4 is 21.7 Å². The predicted molar refractivity (Wildman–Crippen MR) is 95.1 cm³/mol. The van der Waals surface area contributed by atoms with Gasteiger partial charge < -0.3 is 4.74 Å². The summed E-state index contributed by atoms with van der Waals surface area (Å²) in [7, 11) is -3.75. The molecule has 29 heavy (non-hydrogen) atoms. The van der Waals surface area contributed by atoms with E-state index < -0.39 is 86.8 Å². The topological polar surface area (TPSA) is 80.8 Å². The average Bonchev–Trinajstić information content (AvgIpc) is 2.95. The van der Waals surface area contributed by atoms with E-state index in [1.54, 1.807) is 20.8 Å². The van der Waals surface area contributed by atoms with Crippen molar-refractivity contribution in [3.63, 3.8) is 0 Å². The fraction of sp³-hybridized carbons (Fsp3) is 0.556. The molecule has 1 amide bonds. The van der Waals surface area contributed by atoms with Gasteiger partial charge in [-0.05, 0) is 27.2 Å². The first-order valence-electron chi connectivity index (χ1n) is 8.63. The van der Waals surface area contributed by atoms with Crippen LogP contribution in [0.25, 0.3) is 0 Å². The van der Waals surface area contributed by atoms with Gasteiger partial charge in [0.1, 0.15) is 11.4 Å². The largest absolute Gasteiger partial charge is 0.444 e. The quantitative estimate of drug-likeness (QED) is 0.532. The van der Waals surface area contributed by atoms with Crippen molar-refractivity contribution in [3.8, 4) is 0 Å². The van der Waals surface area contributed by atoms with Crippen LogP contribution in [-0.4, -0.2) is 55.4 Å². The smallest absolute Gasteiger partial charge is 0.410 e. The normalized spacial score (nSPS) is 20.1. The van der Waals surface area contributed by atoms with Crippen molar-refractivity contribution in [2.24, 2.45) is 0 Å². The molecule has 1 heterocycles. The van der Waals surface area contributed by atoms with Gasteiger partial charge in [0.25, 0.3) is 0 Å². The highest BCUT2D eigenvalue weighted by atomic mass is 32.2. The van der Waals surface area contributed by atoms with Gasteiger partial charge in [0.05, 0.1) is 6.04 Å². The van der Waals surface area contributed by atoms with Gasteiger partial charge in [-0.2, -0.15) is 0 Å². The zero-order valence-electron chi connectivity index (χ0n) is 16.3. The number of carbonyl (C=O) groups excluding carboxylic acids is 2. The summed E-state index contributed by atoms with van der Waals surface area (Å²) < 4.78 is 83.7. The maximum Gasteiger partial charge on any atom is 0.410 e. The molecule has 1 saturated heterocycles. The Morgan fingerprint density at radius 1 is 1.14 bits per heavy atom. The highest BCUT2D eigenvalue weighted by Gasteiger charge is 2.44. The van der Waals surface area contributed by atoms with Crippen LogP contribution < -0.4 is 0 Å². The van der Waals surface area contributed by atoms with Crippen LogP contribution in [0.5, 0.6) is 0 Å². The van der Waals surface area contributed by atoms with Gasteiger partial charge in [-0.15, -0.1) is 0 Å². The fourth-order valence-electron chi connectivity index (χ4n) is 3.18. The number of benzene rings is 1. The second kappa shape index (κ2) is 7.92. The third-order valence-electron chi connectivity index (χ3n) is 4.26. The summed E-state index contributed by atoms with van der Waals surface area (Å²) in [6.45, 7) is 4.17. The van der Waals surface area contributed by atoms with Gasteiger partial charge in [-0.1, -0.05) is 0 Å². The number of sulfone groups is 1. The predicted octanol–water partition coefficient (Wildman–Crippen LogP) is 2.95. The minimum absolute atomic E-state index is 0.0566. The molecule has 0 spiro atoms. The lowest BCUT2D eigenvalue weighted by Crippen LogP contribution is -2.45. The van der Waals surface area contributed by atoms with Crippen LogP contribution in [0, 0.1) is 23.3 Å². The zero-order chi connectivity index (χ0) is 22.3. The molecule has 0 radical (unpaired) electrons. The van der Waals surface area contributed by atoms with Gasteiger partial charge in [-0.3, -0.25) is 9.69 Å². The Morgan fingerprint density at radius 2 is 1.66 bits per heavy atom.